The van der Waals surface area contributed by atoms with E-state index >= 15 is 0 Å². The third kappa shape index (κ3) is 7.94. The van der Waals surface area contributed by atoms with Crippen LogP contribution < -0.4 is 25.6 Å². The topological polar surface area (TPSA) is 97.9 Å². The van der Waals surface area contributed by atoms with Gasteiger partial charge in [-0.1, -0.05) is 27.5 Å². The second-order valence-electron chi connectivity index (χ2n) is 6.60. The molecular weight excluding hydrogens is 522 g/mol. The minimum Gasteiger partial charge on any atom is -0.490 e. The molecular formula is C21H23BrClN3O5S. The van der Waals surface area contributed by atoms with E-state index in [1.165, 1.54) is 0 Å². The number of ether oxygens (including phenoxy) is 3. The van der Waals surface area contributed by atoms with E-state index in [-0.39, 0.29) is 23.9 Å². The number of rotatable bonds is 8. The van der Waals surface area contributed by atoms with Crippen LogP contribution in [-0.2, 0) is 9.53 Å². The summed E-state index contributed by atoms with van der Waals surface area (Å²) in [4.78, 5) is 24.6. The highest BCUT2D eigenvalue weighted by atomic mass is 79.9. The molecule has 172 valence electrons. The zero-order chi connectivity index (χ0) is 23.7. The molecule has 0 saturated heterocycles. The highest BCUT2D eigenvalue weighted by Gasteiger charge is 2.15. The van der Waals surface area contributed by atoms with Crippen molar-refractivity contribution in [2.45, 2.75) is 13.8 Å². The zero-order valence-electron chi connectivity index (χ0n) is 17.7. The van der Waals surface area contributed by atoms with E-state index in [4.69, 9.17) is 38.0 Å². The van der Waals surface area contributed by atoms with Gasteiger partial charge in [-0.15, -0.1) is 0 Å². The van der Waals surface area contributed by atoms with Gasteiger partial charge >= 0.3 is 0 Å². The molecule has 0 fully saturated rings. The molecule has 2 aromatic rings. The van der Waals surface area contributed by atoms with Gasteiger partial charge in [-0.25, -0.2) is 0 Å². The first-order valence-electron chi connectivity index (χ1n) is 9.42. The number of benzene rings is 2. The van der Waals surface area contributed by atoms with Gasteiger partial charge in [-0.3, -0.25) is 25.8 Å². The fraction of sp³-hybridized carbons (Fsp3) is 0.286. The highest BCUT2D eigenvalue weighted by molar-refractivity contribution is 9.10. The van der Waals surface area contributed by atoms with Gasteiger partial charge in [0.05, 0.1) is 12.2 Å². The summed E-state index contributed by atoms with van der Waals surface area (Å²) in [6, 6.07) is 8.49. The van der Waals surface area contributed by atoms with Crippen molar-refractivity contribution in [3.63, 3.8) is 0 Å². The number of carbonyl (C=O) groups excluding carboxylic acids is 2. The number of nitrogens with one attached hydrogen (secondary N) is 3. The minimum absolute atomic E-state index is 0.0932. The Labute approximate surface area is 205 Å². The molecule has 0 radical (unpaired) electrons. The first-order valence-corrected chi connectivity index (χ1v) is 11.0. The summed E-state index contributed by atoms with van der Waals surface area (Å²) in [5, 5.41) is 3.05. The molecule has 11 heteroatoms. The quantitative estimate of drug-likeness (QED) is 0.266. The smallest absolute Gasteiger partial charge is 0.276 e. The molecule has 0 atom stereocenters. The molecule has 0 heterocycles. The van der Waals surface area contributed by atoms with Crippen LogP contribution in [-0.4, -0.2) is 43.9 Å². The summed E-state index contributed by atoms with van der Waals surface area (Å²) in [6.07, 6.45) is 0. The predicted octanol–water partition coefficient (Wildman–Crippen LogP) is 3.46. The Hall–Kier alpha value is -2.40. The van der Waals surface area contributed by atoms with Gasteiger partial charge < -0.3 is 14.2 Å². The van der Waals surface area contributed by atoms with E-state index in [9.17, 15) is 9.59 Å². The number of amides is 2. The lowest BCUT2D eigenvalue weighted by atomic mass is 10.1. The average molecular weight is 545 g/mol. The maximum absolute atomic E-state index is 12.6. The Morgan fingerprint density at radius 3 is 2.41 bits per heavy atom. The number of aryl methyl sites for hydroxylation is 2. The summed E-state index contributed by atoms with van der Waals surface area (Å²) in [6.45, 7) is 4.10. The first kappa shape index (κ1) is 25.9. The molecule has 0 aliphatic heterocycles. The van der Waals surface area contributed by atoms with E-state index in [0.29, 0.717) is 27.6 Å². The van der Waals surface area contributed by atoms with Crippen LogP contribution in [0.15, 0.2) is 34.8 Å². The molecule has 0 saturated carbocycles. The molecule has 0 aromatic heterocycles. The summed E-state index contributed by atoms with van der Waals surface area (Å²) in [5.74, 6) is -0.102. The Morgan fingerprint density at radius 2 is 1.75 bits per heavy atom. The monoisotopic (exact) mass is 543 g/mol. The van der Waals surface area contributed by atoms with Crippen molar-refractivity contribution in [2.75, 3.05) is 26.9 Å². The van der Waals surface area contributed by atoms with Crippen LogP contribution in [0.3, 0.4) is 0 Å². The first-order chi connectivity index (χ1) is 15.2. The Balaban J connectivity index is 1.85. The van der Waals surface area contributed by atoms with Crippen molar-refractivity contribution >= 4 is 56.7 Å². The van der Waals surface area contributed by atoms with Gasteiger partial charge in [-0.05, 0) is 67.5 Å². The van der Waals surface area contributed by atoms with E-state index in [0.717, 1.165) is 11.1 Å². The fourth-order valence-electron chi connectivity index (χ4n) is 2.54. The number of carbonyl (C=O) groups is 2. The maximum atomic E-state index is 12.6. The molecule has 2 aromatic carbocycles. The summed E-state index contributed by atoms with van der Waals surface area (Å²) in [7, 11) is 1.56. The highest BCUT2D eigenvalue weighted by Crippen LogP contribution is 2.26. The van der Waals surface area contributed by atoms with Gasteiger partial charge in [-0.2, -0.15) is 0 Å². The SMILES string of the molecule is COCCOc1ccc(Br)cc1C(=O)NC(=S)NNC(=O)COc1cc(C)c(Cl)c(C)c1. The van der Waals surface area contributed by atoms with Gasteiger partial charge in [0, 0.05) is 16.6 Å². The van der Waals surface area contributed by atoms with Crippen LogP contribution in [0.4, 0.5) is 0 Å². The Kier molecular flexibility index (Phi) is 10.2. The molecule has 32 heavy (non-hydrogen) atoms. The van der Waals surface area contributed by atoms with Gasteiger partial charge in [0.2, 0.25) is 0 Å². The van der Waals surface area contributed by atoms with Gasteiger partial charge in [0.15, 0.2) is 11.7 Å². The number of hydrogen-bond donors (Lipinski definition) is 3. The van der Waals surface area contributed by atoms with Crippen molar-refractivity contribution in [1.82, 2.24) is 16.2 Å². The van der Waals surface area contributed by atoms with Crippen LogP contribution in [0.25, 0.3) is 0 Å². The average Bonchev–Trinajstić information content (AvgIpc) is 2.75. The third-order valence-electron chi connectivity index (χ3n) is 4.05. The van der Waals surface area contributed by atoms with Crippen molar-refractivity contribution in [1.29, 1.82) is 0 Å². The number of methoxy groups -OCH3 is 1. The van der Waals surface area contributed by atoms with Crippen LogP contribution in [0.5, 0.6) is 11.5 Å². The molecule has 2 amide bonds. The molecule has 0 aliphatic carbocycles. The number of hydrazine groups is 1. The molecule has 0 bridgehead atoms. The molecule has 8 nitrogen and oxygen atoms in total. The summed E-state index contributed by atoms with van der Waals surface area (Å²) in [5.41, 5.74) is 6.79. The molecule has 0 aliphatic rings. The standard InChI is InChI=1S/C21H23BrClN3O5S/c1-12-8-15(9-13(2)19(12)23)31-11-18(27)25-26-21(32)24-20(28)16-10-14(22)4-5-17(16)30-7-6-29-3/h4-5,8-10H,6-7,11H2,1-3H3,(H,25,27)(H2,24,26,28,32). The normalized spacial score (nSPS) is 10.3. The van der Waals surface area contributed by atoms with Crippen LogP contribution in [0, 0.1) is 13.8 Å². The van der Waals surface area contributed by atoms with Crippen molar-refractivity contribution in [2.24, 2.45) is 0 Å². The van der Waals surface area contributed by atoms with Crippen molar-refractivity contribution in [3.05, 3.63) is 56.5 Å². The second kappa shape index (κ2) is 12.6. The van der Waals surface area contributed by atoms with Crippen molar-refractivity contribution in [3.8, 4) is 11.5 Å². The predicted molar refractivity (Wildman–Crippen MR) is 129 cm³/mol. The number of hydrogen-bond acceptors (Lipinski definition) is 6. The number of halogens is 2. The third-order valence-corrected chi connectivity index (χ3v) is 5.35. The van der Waals surface area contributed by atoms with E-state index < -0.39 is 11.8 Å². The minimum atomic E-state index is -0.506. The van der Waals surface area contributed by atoms with E-state index in [2.05, 4.69) is 32.1 Å². The second-order valence-corrected chi connectivity index (χ2v) is 8.30. The lowest BCUT2D eigenvalue weighted by Crippen LogP contribution is -2.49. The number of thiocarbonyl (C=S) groups is 1. The maximum Gasteiger partial charge on any atom is 0.276 e. The van der Waals surface area contributed by atoms with Crippen LogP contribution >= 0.6 is 39.7 Å². The van der Waals surface area contributed by atoms with E-state index in [1.807, 2.05) is 13.8 Å². The van der Waals surface area contributed by atoms with Gasteiger partial charge in [0.1, 0.15) is 18.1 Å². The van der Waals surface area contributed by atoms with Gasteiger partial charge in [0.25, 0.3) is 11.8 Å². The van der Waals surface area contributed by atoms with Crippen LogP contribution in [0.1, 0.15) is 21.5 Å². The lowest BCUT2D eigenvalue weighted by molar-refractivity contribution is -0.123. The largest absolute Gasteiger partial charge is 0.490 e. The molecule has 2 rings (SSSR count). The molecule has 0 unspecified atom stereocenters. The van der Waals surface area contributed by atoms with E-state index in [1.54, 1.807) is 37.4 Å². The molecule has 0 spiro atoms. The molecule has 3 N–H and O–H groups in total. The summed E-state index contributed by atoms with van der Waals surface area (Å²) < 4.78 is 16.7. The Bertz CT molecular complexity index is 982. The fourth-order valence-corrected chi connectivity index (χ4v) is 3.16. The zero-order valence-corrected chi connectivity index (χ0v) is 20.9. The lowest BCUT2D eigenvalue weighted by Gasteiger charge is -2.14. The summed E-state index contributed by atoms with van der Waals surface area (Å²) >= 11 is 14.5. The van der Waals surface area contributed by atoms with Crippen molar-refractivity contribution < 1.29 is 23.8 Å². The Morgan fingerprint density at radius 1 is 1.06 bits per heavy atom. The van der Waals surface area contributed by atoms with Crippen LogP contribution in [0.2, 0.25) is 5.02 Å².